The quantitative estimate of drug-likeness (QED) is 0.503. The predicted octanol–water partition coefficient (Wildman–Crippen LogP) is 3.23. The zero-order valence-corrected chi connectivity index (χ0v) is 16.2. The number of aliphatic carboxylic acids is 1. The fraction of sp³-hybridized carbons (Fsp3) is 0.174. The van der Waals surface area contributed by atoms with Gasteiger partial charge >= 0.3 is 5.97 Å². The summed E-state index contributed by atoms with van der Waals surface area (Å²) in [7, 11) is 0. The molecular formula is C23H22N2O5. The van der Waals surface area contributed by atoms with Gasteiger partial charge in [-0.1, -0.05) is 42.5 Å². The first-order valence-corrected chi connectivity index (χ1v) is 9.51. The van der Waals surface area contributed by atoms with Gasteiger partial charge in [0.05, 0.1) is 6.26 Å². The summed E-state index contributed by atoms with van der Waals surface area (Å²) < 4.78 is 5.30. The molecule has 0 unspecified atom stereocenters. The van der Waals surface area contributed by atoms with Gasteiger partial charge in [-0.3, -0.25) is 19.7 Å². The molecule has 0 saturated heterocycles. The summed E-state index contributed by atoms with van der Waals surface area (Å²) in [5.74, 6) is -1.42. The molecule has 0 fully saturated rings. The van der Waals surface area contributed by atoms with Gasteiger partial charge in [-0.25, -0.2) is 0 Å². The number of carbonyl (C=O) groups is 3. The van der Waals surface area contributed by atoms with E-state index < -0.39 is 23.8 Å². The highest BCUT2D eigenvalue weighted by Gasteiger charge is 2.19. The predicted molar refractivity (Wildman–Crippen MR) is 111 cm³/mol. The van der Waals surface area contributed by atoms with Crippen LogP contribution in [0.3, 0.4) is 0 Å². The van der Waals surface area contributed by atoms with Crippen molar-refractivity contribution in [2.24, 2.45) is 0 Å². The topological polar surface area (TPSA) is 109 Å². The minimum atomic E-state index is -1.04. The van der Waals surface area contributed by atoms with Crippen LogP contribution in [0.5, 0.6) is 0 Å². The number of carboxylic acids is 1. The molecule has 7 heteroatoms. The number of furan rings is 1. The summed E-state index contributed by atoms with van der Waals surface area (Å²) in [6, 6.07) is 18.7. The van der Waals surface area contributed by atoms with Crippen molar-refractivity contribution < 1.29 is 23.9 Å². The van der Waals surface area contributed by atoms with Crippen molar-refractivity contribution in [3.8, 4) is 11.3 Å². The largest absolute Gasteiger partial charge is 0.480 e. The second kappa shape index (κ2) is 10.2. The van der Waals surface area contributed by atoms with E-state index in [0.717, 1.165) is 11.1 Å². The van der Waals surface area contributed by atoms with Crippen molar-refractivity contribution in [1.82, 2.24) is 10.6 Å². The molecule has 0 aliphatic rings. The van der Waals surface area contributed by atoms with Gasteiger partial charge in [0, 0.05) is 24.1 Å². The lowest BCUT2D eigenvalue weighted by Gasteiger charge is -2.14. The van der Waals surface area contributed by atoms with Gasteiger partial charge in [-0.2, -0.15) is 0 Å². The SMILES string of the molecule is O=C(CC[C@H](NCc1ccccc1)C(=O)O)NC(=O)c1ccc(-c2ccco2)cc1. The number of hydrogen-bond acceptors (Lipinski definition) is 5. The van der Waals surface area contributed by atoms with Crippen LogP contribution in [0.25, 0.3) is 11.3 Å². The molecule has 7 nitrogen and oxygen atoms in total. The molecule has 1 atom stereocenters. The molecular weight excluding hydrogens is 384 g/mol. The minimum Gasteiger partial charge on any atom is -0.480 e. The van der Waals surface area contributed by atoms with E-state index in [1.807, 2.05) is 36.4 Å². The Labute approximate surface area is 173 Å². The Kier molecular flexibility index (Phi) is 7.13. The van der Waals surface area contributed by atoms with Crippen LogP contribution in [0, 0.1) is 0 Å². The van der Waals surface area contributed by atoms with Gasteiger partial charge in [-0.05, 0) is 36.2 Å². The Hall–Kier alpha value is -3.71. The highest BCUT2D eigenvalue weighted by Crippen LogP contribution is 2.20. The summed E-state index contributed by atoms with van der Waals surface area (Å²) in [6.07, 6.45) is 1.54. The van der Waals surface area contributed by atoms with Crippen LogP contribution in [0.1, 0.15) is 28.8 Å². The number of carbonyl (C=O) groups excluding carboxylic acids is 2. The van der Waals surface area contributed by atoms with Crippen LogP contribution in [-0.4, -0.2) is 28.9 Å². The summed E-state index contributed by atoms with van der Waals surface area (Å²) in [5.41, 5.74) is 2.09. The van der Waals surface area contributed by atoms with E-state index in [1.165, 1.54) is 0 Å². The molecule has 2 aromatic carbocycles. The fourth-order valence-corrected chi connectivity index (χ4v) is 2.92. The highest BCUT2D eigenvalue weighted by atomic mass is 16.4. The van der Waals surface area contributed by atoms with Crippen molar-refractivity contribution in [3.63, 3.8) is 0 Å². The van der Waals surface area contributed by atoms with Gasteiger partial charge in [0.25, 0.3) is 5.91 Å². The molecule has 30 heavy (non-hydrogen) atoms. The van der Waals surface area contributed by atoms with Crippen molar-refractivity contribution in [2.75, 3.05) is 0 Å². The lowest BCUT2D eigenvalue weighted by molar-refractivity contribution is -0.139. The van der Waals surface area contributed by atoms with Crippen molar-refractivity contribution in [3.05, 3.63) is 84.1 Å². The van der Waals surface area contributed by atoms with Crippen LogP contribution in [0.2, 0.25) is 0 Å². The zero-order valence-electron chi connectivity index (χ0n) is 16.2. The minimum absolute atomic E-state index is 0.0682. The lowest BCUT2D eigenvalue weighted by atomic mass is 10.1. The maximum absolute atomic E-state index is 12.3. The average molecular weight is 406 g/mol. The molecule has 1 aromatic heterocycles. The first-order chi connectivity index (χ1) is 14.5. The Morgan fingerprint density at radius 1 is 0.933 bits per heavy atom. The zero-order chi connectivity index (χ0) is 21.3. The standard InChI is InChI=1S/C23H22N2O5/c26-21(13-12-19(23(28)29)24-15-16-5-2-1-3-6-16)25-22(27)18-10-8-17(9-11-18)20-7-4-14-30-20/h1-11,14,19,24H,12-13,15H2,(H,28,29)(H,25,26,27)/t19-/m0/s1. The third-order valence-corrected chi connectivity index (χ3v) is 4.56. The monoisotopic (exact) mass is 406 g/mol. The molecule has 0 spiro atoms. The third-order valence-electron chi connectivity index (χ3n) is 4.56. The van der Waals surface area contributed by atoms with Gasteiger partial charge in [0.1, 0.15) is 11.8 Å². The van der Waals surface area contributed by atoms with E-state index in [9.17, 15) is 19.5 Å². The number of amides is 2. The first-order valence-electron chi connectivity index (χ1n) is 9.51. The molecule has 0 saturated carbocycles. The molecule has 0 radical (unpaired) electrons. The number of imide groups is 1. The van der Waals surface area contributed by atoms with Crippen LogP contribution in [0.4, 0.5) is 0 Å². The van der Waals surface area contributed by atoms with Gasteiger partial charge < -0.3 is 14.8 Å². The summed E-state index contributed by atoms with van der Waals surface area (Å²) in [4.78, 5) is 35.8. The summed E-state index contributed by atoms with van der Waals surface area (Å²) in [6.45, 7) is 0.375. The first kappa shape index (κ1) is 21.0. The smallest absolute Gasteiger partial charge is 0.320 e. The van der Waals surface area contributed by atoms with E-state index in [-0.39, 0.29) is 12.8 Å². The Morgan fingerprint density at radius 3 is 2.30 bits per heavy atom. The van der Waals surface area contributed by atoms with Gasteiger partial charge in [0.2, 0.25) is 5.91 Å². The number of rotatable bonds is 9. The van der Waals surface area contributed by atoms with Crippen LogP contribution in [-0.2, 0) is 16.1 Å². The van der Waals surface area contributed by atoms with Crippen LogP contribution < -0.4 is 10.6 Å². The maximum atomic E-state index is 12.3. The van der Waals surface area contributed by atoms with E-state index >= 15 is 0 Å². The van der Waals surface area contributed by atoms with E-state index in [2.05, 4.69) is 10.6 Å². The lowest BCUT2D eigenvalue weighted by Crippen LogP contribution is -2.38. The molecule has 3 aromatic rings. The Bertz CT molecular complexity index is 982. The second-order valence-electron chi connectivity index (χ2n) is 6.73. The molecule has 3 rings (SSSR count). The van der Waals surface area contributed by atoms with Crippen molar-refractivity contribution >= 4 is 17.8 Å². The van der Waals surface area contributed by atoms with Crippen molar-refractivity contribution in [2.45, 2.75) is 25.4 Å². The molecule has 2 amide bonds. The fourth-order valence-electron chi connectivity index (χ4n) is 2.92. The third kappa shape index (κ3) is 5.89. The van der Waals surface area contributed by atoms with Crippen LogP contribution in [0.15, 0.2) is 77.4 Å². The Balaban J connectivity index is 1.48. The summed E-state index contributed by atoms with van der Waals surface area (Å²) >= 11 is 0. The molecule has 0 bridgehead atoms. The highest BCUT2D eigenvalue weighted by molar-refractivity contribution is 6.04. The van der Waals surface area contributed by atoms with Gasteiger partial charge in [-0.15, -0.1) is 0 Å². The van der Waals surface area contributed by atoms with Gasteiger partial charge in [0.15, 0.2) is 0 Å². The maximum Gasteiger partial charge on any atom is 0.320 e. The number of carboxylic acid groups (broad SMARTS) is 1. The molecule has 0 aliphatic heterocycles. The van der Waals surface area contributed by atoms with Crippen LogP contribution >= 0.6 is 0 Å². The van der Waals surface area contributed by atoms with E-state index in [4.69, 9.17) is 4.42 Å². The second-order valence-corrected chi connectivity index (χ2v) is 6.73. The molecule has 1 heterocycles. The average Bonchev–Trinajstić information content (AvgIpc) is 3.29. The number of hydrogen-bond donors (Lipinski definition) is 3. The number of benzene rings is 2. The Morgan fingerprint density at radius 2 is 1.67 bits per heavy atom. The summed E-state index contributed by atoms with van der Waals surface area (Å²) in [5, 5.41) is 14.6. The van der Waals surface area contributed by atoms with Crippen molar-refractivity contribution in [1.29, 1.82) is 0 Å². The normalized spacial score (nSPS) is 11.6. The molecule has 0 aliphatic carbocycles. The van der Waals surface area contributed by atoms with E-state index in [0.29, 0.717) is 17.9 Å². The number of nitrogens with one attached hydrogen (secondary N) is 2. The molecule has 154 valence electrons. The molecule has 3 N–H and O–H groups in total. The van der Waals surface area contributed by atoms with E-state index in [1.54, 1.807) is 36.6 Å².